The van der Waals surface area contributed by atoms with Crippen molar-refractivity contribution in [1.29, 1.82) is 0 Å². The molecule has 0 aliphatic carbocycles. The Hall–Kier alpha value is -1.55. The van der Waals surface area contributed by atoms with Crippen LogP contribution in [0.4, 0.5) is 5.69 Å². The maximum absolute atomic E-state index is 11.5. The van der Waals surface area contributed by atoms with Crippen LogP contribution in [0.5, 0.6) is 5.75 Å². The van der Waals surface area contributed by atoms with Crippen molar-refractivity contribution >= 4 is 11.6 Å². The molecule has 0 fully saturated rings. The number of anilines is 1. The lowest BCUT2D eigenvalue weighted by Gasteiger charge is -2.19. The number of benzene rings is 1. The molecule has 0 unspecified atom stereocenters. The van der Waals surface area contributed by atoms with Gasteiger partial charge in [0.05, 0.1) is 6.04 Å². The second-order valence-electron chi connectivity index (χ2n) is 3.21. The Morgan fingerprint density at radius 3 is 2.71 bits per heavy atom. The van der Waals surface area contributed by atoms with Crippen LogP contribution in [0.3, 0.4) is 0 Å². The summed E-state index contributed by atoms with van der Waals surface area (Å²) in [7, 11) is 1.63. The molecule has 0 saturated carbocycles. The summed E-state index contributed by atoms with van der Waals surface area (Å²) in [5, 5.41) is 9.21. The lowest BCUT2D eigenvalue weighted by Crippen LogP contribution is -2.39. The molecule has 0 heterocycles. The van der Waals surface area contributed by atoms with Gasteiger partial charge in [-0.15, -0.1) is 0 Å². The number of phenols is 1. The predicted octanol–water partition coefficient (Wildman–Crippen LogP) is 0.702. The van der Waals surface area contributed by atoms with Crippen LogP contribution < -0.4 is 10.6 Å². The first-order valence-electron chi connectivity index (χ1n) is 4.34. The van der Waals surface area contributed by atoms with Gasteiger partial charge in [-0.25, -0.2) is 0 Å². The summed E-state index contributed by atoms with van der Waals surface area (Å²) in [5.74, 6) is -0.0533. The molecule has 1 amide bonds. The molecule has 0 saturated heterocycles. The van der Waals surface area contributed by atoms with Gasteiger partial charge in [0, 0.05) is 18.8 Å². The summed E-state index contributed by atoms with van der Waals surface area (Å²) in [4.78, 5) is 12.9. The average Bonchev–Trinajstić information content (AvgIpc) is 2.15. The molecule has 0 spiro atoms. The molecule has 4 heteroatoms. The minimum atomic E-state index is -0.539. The highest BCUT2D eigenvalue weighted by Gasteiger charge is 2.14. The maximum atomic E-state index is 11.5. The summed E-state index contributed by atoms with van der Waals surface area (Å²) in [6, 6.07) is 5.94. The second-order valence-corrected chi connectivity index (χ2v) is 3.21. The zero-order valence-corrected chi connectivity index (χ0v) is 8.27. The normalized spacial score (nSPS) is 12.2. The second kappa shape index (κ2) is 4.11. The van der Waals surface area contributed by atoms with Gasteiger partial charge in [0.15, 0.2) is 0 Å². The minimum absolute atomic E-state index is 0.131. The first-order valence-corrected chi connectivity index (χ1v) is 4.34. The smallest absolute Gasteiger partial charge is 0.243 e. The zero-order chi connectivity index (χ0) is 10.7. The number of nitrogens with zero attached hydrogens (tertiary/aromatic N) is 1. The number of hydrogen-bond donors (Lipinski definition) is 2. The molecule has 0 aliphatic heterocycles. The van der Waals surface area contributed by atoms with Crippen molar-refractivity contribution in [2.45, 2.75) is 13.0 Å². The van der Waals surface area contributed by atoms with Crippen molar-refractivity contribution in [3.05, 3.63) is 24.3 Å². The van der Waals surface area contributed by atoms with E-state index >= 15 is 0 Å². The van der Waals surface area contributed by atoms with E-state index < -0.39 is 6.04 Å². The molecule has 76 valence electrons. The van der Waals surface area contributed by atoms with Crippen LogP contribution in [0, 0.1) is 0 Å². The van der Waals surface area contributed by atoms with E-state index in [0.29, 0.717) is 5.69 Å². The maximum Gasteiger partial charge on any atom is 0.243 e. The lowest BCUT2D eigenvalue weighted by molar-refractivity contribution is -0.119. The molecule has 1 aromatic rings. The topological polar surface area (TPSA) is 66.6 Å². The van der Waals surface area contributed by atoms with Crippen LogP contribution in [0.2, 0.25) is 0 Å². The zero-order valence-electron chi connectivity index (χ0n) is 8.27. The molecular weight excluding hydrogens is 180 g/mol. The molecule has 1 atom stereocenters. The number of nitrogens with two attached hydrogens (primary N) is 1. The summed E-state index contributed by atoms with van der Waals surface area (Å²) in [5.41, 5.74) is 6.09. The van der Waals surface area contributed by atoms with Crippen molar-refractivity contribution in [3.8, 4) is 5.75 Å². The number of phenolic OH excluding ortho intramolecular Hbond substituents is 1. The third-order valence-electron chi connectivity index (χ3n) is 1.94. The van der Waals surface area contributed by atoms with Gasteiger partial charge in [0.2, 0.25) is 5.91 Å². The lowest BCUT2D eigenvalue weighted by atomic mass is 10.2. The van der Waals surface area contributed by atoms with Crippen molar-refractivity contribution in [1.82, 2.24) is 0 Å². The highest BCUT2D eigenvalue weighted by atomic mass is 16.3. The van der Waals surface area contributed by atoms with E-state index in [1.807, 2.05) is 0 Å². The summed E-state index contributed by atoms with van der Waals surface area (Å²) in [6.07, 6.45) is 0. The first-order chi connectivity index (χ1) is 6.52. The molecule has 3 N–H and O–H groups in total. The Balaban J connectivity index is 2.89. The number of carbonyl (C=O) groups is 1. The first kappa shape index (κ1) is 10.5. The fraction of sp³-hybridized carbons (Fsp3) is 0.300. The fourth-order valence-corrected chi connectivity index (χ4v) is 1.13. The Kier molecular flexibility index (Phi) is 3.09. The molecule has 14 heavy (non-hydrogen) atoms. The van der Waals surface area contributed by atoms with E-state index in [4.69, 9.17) is 5.73 Å². The SMILES string of the molecule is C[C@H](N)C(=O)N(C)c1cccc(O)c1. The van der Waals surface area contributed by atoms with Crippen LogP contribution in [-0.2, 0) is 4.79 Å². The Morgan fingerprint density at radius 2 is 2.21 bits per heavy atom. The third-order valence-corrected chi connectivity index (χ3v) is 1.94. The van der Waals surface area contributed by atoms with Gasteiger partial charge >= 0.3 is 0 Å². The van der Waals surface area contributed by atoms with Gasteiger partial charge in [-0.05, 0) is 19.1 Å². The van der Waals surface area contributed by atoms with E-state index in [1.165, 1.54) is 11.0 Å². The number of carbonyl (C=O) groups excluding carboxylic acids is 1. The highest BCUT2D eigenvalue weighted by molar-refractivity contribution is 5.96. The molecule has 1 rings (SSSR count). The van der Waals surface area contributed by atoms with Crippen LogP contribution in [0.25, 0.3) is 0 Å². The van der Waals surface area contributed by atoms with Gasteiger partial charge in [0.1, 0.15) is 5.75 Å². The summed E-state index contributed by atoms with van der Waals surface area (Å²) in [6.45, 7) is 1.63. The van der Waals surface area contributed by atoms with Crippen molar-refractivity contribution in [2.24, 2.45) is 5.73 Å². The fourth-order valence-electron chi connectivity index (χ4n) is 1.13. The van der Waals surface area contributed by atoms with Gasteiger partial charge in [-0.1, -0.05) is 6.07 Å². The van der Waals surface area contributed by atoms with Gasteiger partial charge in [-0.3, -0.25) is 4.79 Å². The Bertz CT molecular complexity index is 337. The van der Waals surface area contributed by atoms with Crippen LogP contribution >= 0.6 is 0 Å². The number of aromatic hydroxyl groups is 1. The quantitative estimate of drug-likeness (QED) is 0.728. The number of rotatable bonds is 2. The number of amides is 1. The average molecular weight is 194 g/mol. The molecule has 0 aliphatic rings. The summed E-state index contributed by atoms with van der Waals surface area (Å²) >= 11 is 0. The Labute approximate surface area is 82.9 Å². The number of likely N-dealkylation sites (N-methyl/N-ethyl adjacent to an activating group) is 1. The largest absolute Gasteiger partial charge is 0.508 e. The molecule has 0 radical (unpaired) electrons. The Morgan fingerprint density at radius 1 is 1.57 bits per heavy atom. The standard InChI is InChI=1S/C10H14N2O2/c1-7(11)10(14)12(2)8-4-3-5-9(13)6-8/h3-7,13H,11H2,1-2H3/t7-/m0/s1. The van der Waals surface area contributed by atoms with E-state index in [-0.39, 0.29) is 11.7 Å². The monoisotopic (exact) mass is 194 g/mol. The van der Waals surface area contributed by atoms with Crippen LogP contribution in [-0.4, -0.2) is 24.1 Å². The molecule has 4 nitrogen and oxygen atoms in total. The molecule has 0 bridgehead atoms. The molecule has 0 aromatic heterocycles. The molecule has 1 aromatic carbocycles. The van der Waals surface area contributed by atoms with E-state index in [0.717, 1.165) is 0 Å². The van der Waals surface area contributed by atoms with E-state index in [1.54, 1.807) is 32.2 Å². The minimum Gasteiger partial charge on any atom is -0.508 e. The van der Waals surface area contributed by atoms with Gasteiger partial charge in [0.25, 0.3) is 0 Å². The molecular formula is C10H14N2O2. The van der Waals surface area contributed by atoms with Crippen molar-refractivity contribution in [3.63, 3.8) is 0 Å². The van der Waals surface area contributed by atoms with Crippen molar-refractivity contribution < 1.29 is 9.90 Å². The van der Waals surface area contributed by atoms with Gasteiger partial charge in [-0.2, -0.15) is 0 Å². The predicted molar refractivity (Wildman–Crippen MR) is 55.2 cm³/mol. The van der Waals surface area contributed by atoms with Crippen molar-refractivity contribution in [2.75, 3.05) is 11.9 Å². The van der Waals surface area contributed by atoms with Gasteiger partial charge < -0.3 is 15.7 Å². The van der Waals surface area contributed by atoms with E-state index in [2.05, 4.69) is 0 Å². The third kappa shape index (κ3) is 2.23. The number of hydrogen-bond acceptors (Lipinski definition) is 3. The van der Waals surface area contributed by atoms with Crippen LogP contribution in [0.15, 0.2) is 24.3 Å². The van der Waals surface area contributed by atoms with E-state index in [9.17, 15) is 9.90 Å². The van der Waals surface area contributed by atoms with Crippen LogP contribution in [0.1, 0.15) is 6.92 Å². The summed E-state index contributed by atoms with van der Waals surface area (Å²) < 4.78 is 0. The highest BCUT2D eigenvalue weighted by Crippen LogP contribution is 2.19.